The Bertz CT molecular complexity index is 292. The summed E-state index contributed by atoms with van der Waals surface area (Å²) < 4.78 is 9.62. The number of methoxy groups -OCH3 is 1. The third-order valence-corrected chi connectivity index (χ3v) is 1.58. The molecule has 6 heteroatoms. The van der Waals surface area contributed by atoms with E-state index in [2.05, 4.69) is 9.64 Å². The van der Waals surface area contributed by atoms with Gasteiger partial charge >= 0.3 is 7.32 Å². The molecule has 0 bridgehead atoms. The van der Waals surface area contributed by atoms with Crippen molar-refractivity contribution in [1.82, 2.24) is 4.98 Å². The summed E-state index contributed by atoms with van der Waals surface area (Å²) in [6.07, 6.45) is 2.91. The van der Waals surface area contributed by atoms with Crippen LogP contribution in [0.25, 0.3) is 0 Å². The highest BCUT2D eigenvalue weighted by Gasteiger charge is 2.14. The SMILES string of the molecule is COc1cncc(OB(O)O)c1C. The van der Waals surface area contributed by atoms with Crippen LogP contribution in [0.3, 0.4) is 0 Å². The predicted molar refractivity (Wildman–Crippen MR) is 46.3 cm³/mol. The molecular formula is C7H10BNO4. The third-order valence-electron chi connectivity index (χ3n) is 1.58. The molecule has 70 valence electrons. The molecule has 0 atom stereocenters. The van der Waals surface area contributed by atoms with Gasteiger partial charge in [0.25, 0.3) is 0 Å². The molecule has 13 heavy (non-hydrogen) atoms. The molecule has 0 saturated carbocycles. The van der Waals surface area contributed by atoms with E-state index < -0.39 is 7.32 Å². The Morgan fingerprint density at radius 2 is 1.92 bits per heavy atom. The van der Waals surface area contributed by atoms with Gasteiger partial charge in [-0.2, -0.15) is 0 Å². The van der Waals surface area contributed by atoms with Crippen LogP contribution in [0.15, 0.2) is 12.4 Å². The molecule has 5 nitrogen and oxygen atoms in total. The van der Waals surface area contributed by atoms with E-state index in [0.29, 0.717) is 11.3 Å². The van der Waals surface area contributed by atoms with Crippen LogP contribution in [0.4, 0.5) is 0 Å². The smallest absolute Gasteiger partial charge is 0.510 e. The van der Waals surface area contributed by atoms with Crippen molar-refractivity contribution in [2.45, 2.75) is 6.92 Å². The van der Waals surface area contributed by atoms with Crippen LogP contribution in [0, 0.1) is 6.92 Å². The van der Waals surface area contributed by atoms with E-state index >= 15 is 0 Å². The first-order valence-corrected chi connectivity index (χ1v) is 3.66. The number of hydrogen-bond acceptors (Lipinski definition) is 5. The molecule has 0 radical (unpaired) electrons. The van der Waals surface area contributed by atoms with E-state index in [0.717, 1.165) is 0 Å². The van der Waals surface area contributed by atoms with Gasteiger partial charge in [0.05, 0.1) is 19.5 Å². The fraction of sp³-hybridized carbons (Fsp3) is 0.286. The summed E-state index contributed by atoms with van der Waals surface area (Å²) in [5, 5.41) is 17.1. The van der Waals surface area contributed by atoms with E-state index in [1.165, 1.54) is 19.5 Å². The Balaban J connectivity index is 2.94. The highest BCUT2D eigenvalue weighted by molar-refractivity contribution is 6.33. The van der Waals surface area contributed by atoms with Crippen LogP contribution in [0.2, 0.25) is 0 Å². The lowest BCUT2D eigenvalue weighted by atomic mass is 10.2. The lowest BCUT2D eigenvalue weighted by Gasteiger charge is -2.10. The maximum atomic E-state index is 8.56. The number of aromatic nitrogens is 1. The fourth-order valence-electron chi connectivity index (χ4n) is 0.926. The first-order chi connectivity index (χ1) is 6.15. The Morgan fingerprint density at radius 3 is 2.46 bits per heavy atom. The summed E-state index contributed by atoms with van der Waals surface area (Å²) in [5.41, 5.74) is 0.672. The summed E-state index contributed by atoms with van der Waals surface area (Å²) in [7, 11) is -0.337. The lowest BCUT2D eigenvalue weighted by Crippen LogP contribution is -2.21. The average Bonchev–Trinajstić information content (AvgIpc) is 2.08. The van der Waals surface area contributed by atoms with Gasteiger partial charge in [-0.3, -0.25) is 4.98 Å². The quantitative estimate of drug-likeness (QED) is 0.632. The summed E-state index contributed by atoms with van der Waals surface area (Å²) in [6.45, 7) is 1.73. The van der Waals surface area contributed by atoms with E-state index in [9.17, 15) is 0 Å². The molecule has 0 spiro atoms. The van der Waals surface area contributed by atoms with Gasteiger partial charge in [-0.25, -0.2) is 0 Å². The van der Waals surface area contributed by atoms with Crippen molar-refractivity contribution in [3.63, 3.8) is 0 Å². The Labute approximate surface area is 76.1 Å². The van der Waals surface area contributed by atoms with Crippen LogP contribution in [-0.4, -0.2) is 29.5 Å². The Hall–Kier alpha value is -1.27. The highest BCUT2D eigenvalue weighted by atomic mass is 16.6. The summed E-state index contributed by atoms with van der Waals surface area (Å²) in [5.74, 6) is 0.826. The number of nitrogens with zero attached hydrogens (tertiary/aromatic N) is 1. The largest absolute Gasteiger partial charge is 0.707 e. The van der Waals surface area contributed by atoms with E-state index in [-0.39, 0.29) is 5.75 Å². The molecule has 0 amide bonds. The Morgan fingerprint density at radius 1 is 1.31 bits per heavy atom. The molecule has 1 aromatic rings. The zero-order chi connectivity index (χ0) is 9.84. The minimum absolute atomic E-state index is 0.286. The molecule has 1 rings (SSSR count). The van der Waals surface area contributed by atoms with Gasteiger partial charge in [0.2, 0.25) is 0 Å². The summed E-state index contributed by atoms with van der Waals surface area (Å²) in [6, 6.07) is 0. The molecule has 0 aliphatic carbocycles. The highest BCUT2D eigenvalue weighted by Crippen LogP contribution is 2.25. The minimum atomic E-state index is -1.84. The molecule has 1 heterocycles. The van der Waals surface area contributed by atoms with Crippen LogP contribution in [-0.2, 0) is 0 Å². The molecule has 0 saturated heterocycles. The van der Waals surface area contributed by atoms with Crippen LogP contribution < -0.4 is 9.39 Å². The molecule has 0 aliphatic rings. The van der Waals surface area contributed by atoms with Crippen LogP contribution in [0.5, 0.6) is 11.5 Å². The first kappa shape index (κ1) is 9.82. The van der Waals surface area contributed by atoms with Crippen molar-refractivity contribution in [3.05, 3.63) is 18.0 Å². The van der Waals surface area contributed by atoms with Gasteiger partial charge in [0, 0.05) is 5.56 Å². The van der Waals surface area contributed by atoms with E-state index in [4.69, 9.17) is 14.8 Å². The van der Waals surface area contributed by atoms with Gasteiger partial charge in [-0.1, -0.05) is 0 Å². The standard InChI is InChI=1S/C7H10BNO4/c1-5-6(12-2)3-9-4-7(5)13-8(10)11/h3-4,10-11H,1-2H3. The molecule has 0 unspecified atom stereocenters. The van der Waals surface area contributed by atoms with Crippen LogP contribution >= 0.6 is 0 Å². The topological polar surface area (TPSA) is 71.8 Å². The summed E-state index contributed by atoms with van der Waals surface area (Å²) in [4.78, 5) is 3.80. The molecule has 2 N–H and O–H groups in total. The normalized spacial score (nSPS) is 9.54. The van der Waals surface area contributed by atoms with Crippen molar-refractivity contribution in [3.8, 4) is 11.5 Å². The van der Waals surface area contributed by atoms with Gasteiger partial charge in [-0.05, 0) is 6.92 Å². The van der Waals surface area contributed by atoms with E-state index in [1.807, 2.05) is 0 Å². The molecule has 0 aromatic carbocycles. The fourth-order valence-corrected chi connectivity index (χ4v) is 0.926. The zero-order valence-corrected chi connectivity index (χ0v) is 7.39. The van der Waals surface area contributed by atoms with Crippen molar-refractivity contribution in [2.24, 2.45) is 0 Å². The van der Waals surface area contributed by atoms with Crippen molar-refractivity contribution in [1.29, 1.82) is 0 Å². The van der Waals surface area contributed by atoms with Gasteiger partial charge in [0.15, 0.2) is 0 Å². The second-order valence-electron chi connectivity index (χ2n) is 2.41. The zero-order valence-electron chi connectivity index (χ0n) is 7.39. The van der Waals surface area contributed by atoms with Gasteiger partial charge in [0.1, 0.15) is 11.5 Å². The maximum Gasteiger partial charge on any atom is 0.707 e. The lowest BCUT2D eigenvalue weighted by molar-refractivity contribution is 0.285. The number of hydrogen-bond donors (Lipinski definition) is 2. The minimum Gasteiger partial charge on any atom is -0.510 e. The van der Waals surface area contributed by atoms with Crippen molar-refractivity contribution < 1.29 is 19.4 Å². The maximum absolute atomic E-state index is 8.56. The predicted octanol–water partition coefficient (Wildman–Crippen LogP) is -0.253. The van der Waals surface area contributed by atoms with E-state index in [1.54, 1.807) is 6.92 Å². The Kier molecular flexibility index (Phi) is 3.10. The second kappa shape index (κ2) is 4.11. The van der Waals surface area contributed by atoms with Gasteiger partial charge in [-0.15, -0.1) is 0 Å². The molecule has 1 aromatic heterocycles. The van der Waals surface area contributed by atoms with Gasteiger partial charge < -0.3 is 19.4 Å². The molecular weight excluding hydrogens is 173 g/mol. The third kappa shape index (κ3) is 2.33. The first-order valence-electron chi connectivity index (χ1n) is 3.66. The average molecular weight is 183 g/mol. The number of rotatable bonds is 3. The number of ether oxygens (including phenoxy) is 1. The summed E-state index contributed by atoms with van der Waals surface area (Å²) >= 11 is 0. The molecule has 0 fully saturated rings. The molecule has 0 aliphatic heterocycles. The number of pyridine rings is 1. The second-order valence-corrected chi connectivity index (χ2v) is 2.41. The van der Waals surface area contributed by atoms with Crippen LogP contribution in [0.1, 0.15) is 5.56 Å². The van der Waals surface area contributed by atoms with Crippen molar-refractivity contribution in [2.75, 3.05) is 7.11 Å². The monoisotopic (exact) mass is 183 g/mol. The van der Waals surface area contributed by atoms with Crippen molar-refractivity contribution >= 4 is 7.32 Å².